The topological polar surface area (TPSA) is 77.2 Å². The molecule has 0 saturated heterocycles. The fourth-order valence-electron chi connectivity index (χ4n) is 2.39. The SMILES string of the molecule is CCCNC(=O)c1ccccc1OCc1nc(-c2ccc(C)cc2)no1. The van der Waals surface area contributed by atoms with Gasteiger partial charge in [0.1, 0.15) is 5.75 Å². The summed E-state index contributed by atoms with van der Waals surface area (Å²) in [5, 5.41) is 6.83. The summed E-state index contributed by atoms with van der Waals surface area (Å²) in [5.41, 5.74) is 2.53. The highest BCUT2D eigenvalue weighted by molar-refractivity contribution is 5.96. The molecule has 134 valence electrons. The number of nitrogens with one attached hydrogen (secondary N) is 1. The largest absolute Gasteiger partial charge is 0.483 e. The number of nitrogens with zero attached hydrogens (tertiary/aromatic N) is 2. The summed E-state index contributed by atoms with van der Waals surface area (Å²) in [4.78, 5) is 16.6. The molecule has 0 bridgehead atoms. The minimum atomic E-state index is -0.159. The van der Waals surface area contributed by atoms with E-state index >= 15 is 0 Å². The summed E-state index contributed by atoms with van der Waals surface area (Å²) in [7, 11) is 0. The molecule has 6 nitrogen and oxygen atoms in total. The predicted molar refractivity (Wildman–Crippen MR) is 97.9 cm³/mol. The molecule has 0 fully saturated rings. The minimum Gasteiger partial charge on any atom is -0.483 e. The molecule has 1 amide bonds. The van der Waals surface area contributed by atoms with Crippen molar-refractivity contribution in [1.29, 1.82) is 0 Å². The Labute approximate surface area is 152 Å². The molecule has 0 spiro atoms. The highest BCUT2D eigenvalue weighted by Crippen LogP contribution is 2.20. The predicted octanol–water partition coefficient (Wildman–Crippen LogP) is 3.76. The molecule has 0 aliphatic heterocycles. The number of ether oxygens (including phenoxy) is 1. The lowest BCUT2D eigenvalue weighted by atomic mass is 10.1. The molecule has 0 saturated carbocycles. The average molecular weight is 351 g/mol. The normalized spacial score (nSPS) is 10.5. The zero-order valence-electron chi connectivity index (χ0n) is 14.9. The van der Waals surface area contributed by atoms with Gasteiger partial charge in [0.2, 0.25) is 5.82 Å². The van der Waals surface area contributed by atoms with Gasteiger partial charge >= 0.3 is 0 Å². The van der Waals surface area contributed by atoms with Crippen molar-refractivity contribution in [1.82, 2.24) is 15.5 Å². The molecule has 0 unspecified atom stereocenters. The summed E-state index contributed by atoms with van der Waals surface area (Å²) in [6.07, 6.45) is 0.874. The van der Waals surface area contributed by atoms with Gasteiger partial charge in [-0.25, -0.2) is 0 Å². The second-order valence-electron chi connectivity index (χ2n) is 5.92. The maximum Gasteiger partial charge on any atom is 0.264 e. The van der Waals surface area contributed by atoms with E-state index in [1.165, 1.54) is 5.56 Å². The van der Waals surface area contributed by atoms with E-state index in [0.717, 1.165) is 12.0 Å². The summed E-state index contributed by atoms with van der Waals surface area (Å²) < 4.78 is 11.0. The molecule has 1 N–H and O–H groups in total. The Morgan fingerprint density at radius 2 is 1.92 bits per heavy atom. The van der Waals surface area contributed by atoms with Crippen LogP contribution in [0.3, 0.4) is 0 Å². The maximum absolute atomic E-state index is 12.2. The molecule has 3 aromatic rings. The number of amides is 1. The Morgan fingerprint density at radius 3 is 2.69 bits per heavy atom. The van der Waals surface area contributed by atoms with Crippen LogP contribution in [-0.4, -0.2) is 22.6 Å². The lowest BCUT2D eigenvalue weighted by molar-refractivity contribution is 0.0948. The molecule has 6 heteroatoms. The van der Waals surface area contributed by atoms with Crippen LogP contribution < -0.4 is 10.1 Å². The molecule has 1 aromatic heterocycles. The van der Waals surface area contributed by atoms with Crippen molar-refractivity contribution < 1.29 is 14.1 Å². The summed E-state index contributed by atoms with van der Waals surface area (Å²) in [6, 6.07) is 15.0. The molecular weight excluding hydrogens is 330 g/mol. The van der Waals surface area contributed by atoms with Crippen molar-refractivity contribution in [3.63, 3.8) is 0 Å². The van der Waals surface area contributed by atoms with E-state index in [0.29, 0.717) is 29.6 Å². The van der Waals surface area contributed by atoms with E-state index in [-0.39, 0.29) is 12.5 Å². The first-order valence-electron chi connectivity index (χ1n) is 8.57. The quantitative estimate of drug-likeness (QED) is 0.701. The number of rotatable bonds is 7. The molecule has 0 atom stereocenters. The lowest BCUT2D eigenvalue weighted by Gasteiger charge is -2.09. The second-order valence-corrected chi connectivity index (χ2v) is 5.92. The smallest absolute Gasteiger partial charge is 0.264 e. The fraction of sp³-hybridized carbons (Fsp3) is 0.250. The van der Waals surface area contributed by atoms with E-state index in [2.05, 4.69) is 15.5 Å². The number of hydrogen-bond donors (Lipinski definition) is 1. The van der Waals surface area contributed by atoms with Gasteiger partial charge in [-0.05, 0) is 25.5 Å². The molecule has 0 aliphatic carbocycles. The standard InChI is InChI=1S/C20H21N3O3/c1-3-12-21-20(24)16-6-4-5-7-17(16)25-13-18-22-19(23-26-18)15-10-8-14(2)9-11-15/h4-11H,3,12-13H2,1-2H3,(H,21,24). The Hall–Kier alpha value is -3.15. The highest BCUT2D eigenvalue weighted by atomic mass is 16.5. The molecule has 26 heavy (non-hydrogen) atoms. The van der Waals surface area contributed by atoms with Crippen LogP contribution in [0.25, 0.3) is 11.4 Å². The molecular formula is C20H21N3O3. The minimum absolute atomic E-state index is 0.0942. The van der Waals surface area contributed by atoms with Crippen LogP contribution in [-0.2, 0) is 6.61 Å². The first kappa shape index (κ1) is 17.7. The van der Waals surface area contributed by atoms with E-state index < -0.39 is 0 Å². The Bertz CT molecular complexity index is 872. The van der Waals surface area contributed by atoms with Crippen molar-refractivity contribution >= 4 is 5.91 Å². The summed E-state index contributed by atoms with van der Waals surface area (Å²) in [5.74, 6) is 1.19. The van der Waals surface area contributed by atoms with Crippen LogP contribution in [0.2, 0.25) is 0 Å². The van der Waals surface area contributed by atoms with E-state index in [1.807, 2.05) is 44.2 Å². The van der Waals surface area contributed by atoms with E-state index in [9.17, 15) is 4.79 Å². The van der Waals surface area contributed by atoms with Crippen molar-refractivity contribution in [3.05, 3.63) is 65.5 Å². The second kappa shape index (κ2) is 8.29. The number of aromatic nitrogens is 2. The van der Waals surface area contributed by atoms with E-state index in [1.54, 1.807) is 18.2 Å². The first-order chi connectivity index (χ1) is 12.7. The number of aryl methyl sites for hydroxylation is 1. The number of hydrogen-bond acceptors (Lipinski definition) is 5. The highest BCUT2D eigenvalue weighted by Gasteiger charge is 2.14. The molecule has 0 radical (unpaired) electrons. The third-order valence-electron chi connectivity index (χ3n) is 3.80. The van der Waals surface area contributed by atoms with Gasteiger partial charge in [0.25, 0.3) is 11.8 Å². The van der Waals surface area contributed by atoms with Gasteiger partial charge in [0, 0.05) is 12.1 Å². The van der Waals surface area contributed by atoms with Crippen LogP contribution in [0, 0.1) is 6.92 Å². The Balaban J connectivity index is 1.68. The van der Waals surface area contributed by atoms with E-state index in [4.69, 9.17) is 9.26 Å². The third-order valence-corrected chi connectivity index (χ3v) is 3.80. The van der Waals surface area contributed by atoms with Crippen molar-refractivity contribution in [2.24, 2.45) is 0 Å². The van der Waals surface area contributed by atoms with Gasteiger partial charge in [-0.1, -0.05) is 54.0 Å². The van der Waals surface area contributed by atoms with Gasteiger partial charge in [0.05, 0.1) is 5.56 Å². The lowest BCUT2D eigenvalue weighted by Crippen LogP contribution is -2.24. The van der Waals surface area contributed by atoms with Crippen molar-refractivity contribution in [3.8, 4) is 17.1 Å². The van der Waals surface area contributed by atoms with Crippen LogP contribution in [0.4, 0.5) is 0 Å². The fourth-order valence-corrected chi connectivity index (χ4v) is 2.39. The number of para-hydroxylation sites is 1. The maximum atomic E-state index is 12.2. The van der Waals surface area contributed by atoms with Crippen molar-refractivity contribution in [2.45, 2.75) is 26.9 Å². The monoisotopic (exact) mass is 351 g/mol. The number of benzene rings is 2. The first-order valence-corrected chi connectivity index (χ1v) is 8.57. The molecule has 1 heterocycles. The van der Waals surface area contributed by atoms with Gasteiger partial charge in [-0.2, -0.15) is 4.98 Å². The Kier molecular flexibility index (Phi) is 5.63. The zero-order chi connectivity index (χ0) is 18.4. The third kappa shape index (κ3) is 4.27. The van der Waals surface area contributed by atoms with Gasteiger partial charge < -0.3 is 14.6 Å². The summed E-state index contributed by atoms with van der Waals surface area (Å²) in [6.45, 7) is 4.74. The van der Waals surface area contributed by atoms with Gasteiger partial charge in [-0.3, -0.25) is 4.79 Å². The molecule has 3 rings (SSSR count). The van der Waals surface area contributed by atoms with Crippen LogP contribution >= 0.6 is 0 Å². The summed E-state index contributed by atoms with van der Waals surface area (Å²) >= 11 is 0. The van der Waals surface area contributed by atoms with Gasteiger partial charge in [-0.15, -0.1) is 0 Å². The van der Waals surface area contributed by atoms with Gasteiger partial charge in [0.15, 0.2) is 6.61 Å². The Morgan fingerprint density at radius 1 is 1.15 bits per heavy atom. The van der Waals surface area contributed by atoms with Crippen molar-refractivity contribution in [2.75, 3.05) is 6.54 Å². The number of carbonyl (C=O) groups is 1. The molecule has 0 aliphatic rings. The van der Waals surface area contributed by atoms with Crippen LogP contribution in [0.15, 0.2) is 53.1 Å². The van der Waals surface area contributed by atoms with Crippen LogP contribution in [0.1, 0.15) is 35.2 Å². The van der Waals surface area contributed by atoms with Crippen LogP contribution in [0.5, 0.6) is 5.75 Å². The number of carbonyl (C=O) groups excluding carboxylic acids is 1. The zero-order valence-corrected chi connectivity index (χ0v) is 14.9. The molecule has 2 aromatic carbocycles. The average Bonchev–Trinajstić information content (AvgIpc) is 3.14.